The first kappa shape index (κ1) is 30.3. The molecule has 0 aromatic heterocycles. The molecule has 0 unspecified atom stereocenters. The van der Waals surface area contributed by atoms with Gasteiger partial charge in [-0.1, -0.05) is 36.4 Å². The standard InChI is InChI=1S/C30H36F2NO3PS/c1-22-7-8-25(16-23(22)2)17-26(27-18-28(31)20-29(32)19-27)6-3-4-15-38-30-11-9-24(10-12-30)21-33-13-5-14-37(34,35)36/h7-12,16-20,33H,3-6,13-15,21H2,1-2H3,(H2,34,35,36)/b26-17-. The first-order valence-corrected chi connectivity index (χ1v) is 15.6. The van der Waals surface area contributed by atoms with Crippen molar-refractivity contribution < 1.29 is 23.1 Å². The molecule has 0 heterocycles. The zero-order valence-electron chi connectivity index (χ0n) is 21.9. The van der Waals surface area contributed by atoms with Crippen LogP contribution in [-0.4, -0.2) is 28.2 Å². The molecule has 204 valence electrons. The smallest absolute Gasteiger partial charge is 0.324 e. The molecule has 0 aliphatic heterocycles. The van der Waals surface area contributed by atoms with E-state index < -0.39 is 19.2 Å². The van der Waals surface area contributed by atoms with Crippen molar-refractivity contribution in [1.29, 1.82) is 0 Å². The van der Waals surface area contributed by atoms with Gasteiger partial charge in [0.25, 0.3) is 0 Å². The van der Waals surface area contributed by atoms with E-state index in [1.807, 2.05) is 12.1 Å². The lowest BCUT2D eigenvalue weighted by Crippen LogP contribution is -2.15. The van der Waals surface area contributed by atoms with Crippen molar-refractivity contribution in [3.63, 3.8) is 0 Å². The largest absolute Gasteiger partial charge is 0.325 e. The van der Waals surface area contributed by atoms with Crippen LogP contribution in [0, 0.1) is 25.5 Å². The summed E-state index contributed by atoms with van der Waals surface area (Å²) in [6.07, 6.45) is 4.97. The molecule has 0 amide bonds. The highest BCUT2D eigenvalue weighted by atomic mass is 32.2. The fraction of sp³-hybridized carbons (Fsp3) is 0.333. The van der Waals surface area contributed by atoms with Crippen molar-refractivity contribution in [1.82, 2.24) is 5.32 Å². The van der Waals surface area contributed by atoms with Crippen molar-refractivity contribution in [2.45, 2.75) is 51.0 Å². The summed E-state index contributed by atoms with van der Waals surface area (Å²) in [6, 6.07) is 18.2. The molecule has 0 radical (unpaired) electrons. The van der Waals surface area contributed by atoms with Crippen LogP contribution < -0.4 is 5.32 Å². The number of nitrogens with one attached hydrogen (secondary N) is 1. The fourth-order valence-corrected chi connectivity index (χ4v) is 5.53. The number of allylic oxidation sites excluding steroid dienone is 1. The molecule has 38 heavy (non-hydrogen) atoms. The van der Waals surface area contributed by atoms with Gasteiger partial charge >= 0.3 is 7.60 Å². The summed E-state index contributed by atoms with van der Waals surface area (Å²) in [5.74, 6) is -0.198. The monoisotopic (exact) mass is 559 g/mol. The van der Waals surface area contributed by atoms with Crippen LogP contribution in [0.25, 0.3) is 11.6 Å². The van der Waals surface area contributed by atoms with Gasteiger partial charge in [0.2, 0.25) is 0 Å². The summed E-state index contributed by atoms with van der Waals surface area (Å²) in [5.41, 5.74) is 6.04. The van der Waals surface area contributed by atoms with E-state index >= 15 is 0 Å². The lowest BCUT2D eigenvalue weighted by Gasteiger charge is -2.11. The average molecular weight is 560 g/mol. The van der Waals surface area contributed by atoms with E-state index in [4.69, 9.17) is 9.79 Å². The Kier molecular flexibility index (Phi) is 11.8. The number of rotatable bonds is 14. The van der Waals surface area contributed by atoms with E-state index in [0.29, 0.717) is 25.1 Å². The summed E-state index contributed by atoms with van der Waals surface area (Å²) >= 11 is 1.78. The van der Waals surface area contributed by atoms with Crippen LogP contribution in [-0.2, 0) is 11.1 Å². The number of unbranched alkanes of at least 4 members (excludes halogenated alkanes) is 1. The van der Waals surface area contributed by atoms with Crippen molar-refractivity contribution in [2.24, 2.45) is 0 Å². The minimum Gasteiger partial charge on any atom is -0.324 e. The van der Waals surface area contributed by atoms with Crippen LogP contribution >= 0.6 is 19.4 Å². The number of hydrogen-bond donors (Lipinski definition) is 3. The molecule has 0 aliphatic rings. The molecule has 0 saturated heterocycles. The molecule has 3 aromatic rings. The van der Waals surface area contributed by atoms with E-state index in [2.05, 4.69) is 55.6 Å². The predicted molar refractivity (Wildman–Crippen MR) is 154 cm³/mol. The zero-order valence-corrected chi connectivity index (χ0v) is 23.6. The van der Waals surface area contributed by atoms with Crippen LogP contribution in [0.2, 0.25) is 0 Å². The van der Waals surface area contributed by atoms with E-state index in [1.165, 1.54) is 28.2 Å². The SMILES string of the molecule is Cc1ccc(/C=C(/CCCCSc2ccc(CNCCCP(=O)(O)O)cc2)c2cc(F)cc(F)c2)cc1C. The summed E-state index contributed by atoms with van der Waals surface area (Å²) in [4.78, 5) is 19.0. The maximum Gasteiger partial charge on any atom is 0.325 e. The Balaban J connectivity index is 1.49. The fourth-order valence-electron chi connectivity index (χ4n) is 4.05. The van der Waals surface area contributed by atoms with Gasteiger partial charge in [-0.3, -0.25) is 4.57 Å². The minimum atomic E-state index is -3.92. The third-order valence-corrected chi connectivity index (χ3v) is 8.27. The van der Waals surface area contributed by atoms with E-state index in [1.54, 1.807) is 11.8 Å². The van der Waals surface area contributed by atoms with Gasteiger partial charge in [0.1, 0.15) is 11.6 Å². The van der Waals surface area contributed by atoms with Crippen molar-refractivity contribution in [3.05, 3.63) is 100 Å². The highest BCUT2D eigenvalue weighted by Crippen LogP contribution is 2.34. The number of benzene rings is 3. The normalized spacial score (nSPS) is 12.2. The van der Waals surface area contributed by atoms with E-state index in [-0.39, 0.29) is 6.16 Å². The van der Waals surface area contributed by atoms with Crippen LogP contribution in [0.5, 0.6) is 0 Å². The van der Waals surface area contributed by atoms with Gasteiger partial charge in [-0.15, -0.1) is 11.8 Å². The highest BCUT2D eigenvalue weighted by molar-refractivity contribution is 7.99. The van der Waals surface area contributed by atoms with Gasteiger partial charge in [-0.25, -0.2) is 8.78 Å². The Morgan fingerprint density at radius 2 is 1.63 bits per heavy atom. The molecular weight excluding hydrogens is 523 g/mol. The molecule has 0 bridgehead atoms. The maximum atomic E-state index is 13.9. The Morgan fingerprint density at radius 3 is 2.29 bits per heavy atom. The molecule has 0 spiro atoms. The number of halogens is 2. The van der Waals surface area contributed by atoms with Crippen molar-refractivity contribution in [2.75, 3.05) is 18.5 Å². The lowest BCUT2D eigenvalue weighted by atomic mass is 9.96. The average Bonchev–Trinajstić information content (AvgIpc) is 2.84. The van der Waals surface area contributed by atoms with Gasteiger partial charge < -0.3 is 15.1 Å². The van der Waals surface area contributed by atoms with Crippen LogP contribution in [0.15, 0.2) is 65.6 Å². The molecule has 8 heteroatoms. The highest BCUT2D eigenvalue weighted by Gasteiger charge is 2.11. The molecular formula is C30H36F2NO3PS. The second-order valence-corrected chi connectivity index (χ2v) is 12.5. The molecule has 3 aromatic carbocycles. The first-order chi connectivity index (χ1) is 18.1. The molecule has 0 fully saturated rings. The molecule has 0 atom stereocenters. The minimum absolute atomic E-state index is 0.0996. The van der Waals surface area contributed by atoms with E-state index in [9.17, 15) is 13.3 Å². The first-order valence-electron chi connectivity index (χ1n) is 12.8. The maximum absolute atomic E-state index is 13.9. The predicted octanol–water partition coefficient (Wildman–Crippen LogP) is 7.74. The Morgan fingerprint density at radius 1 is 0.921 bits per heavy atom. The van der Waals surface area contributed by atoms with Crippen LogP contribution in [0.3, 0.4) is 0 Å². The molecule has 3 N–H and O–H groups in total. The third kappa shape index (κ3) is 10.8. The second-order valence-electron chi connectivity index (χ2n) is 9.54. The lowest BCUT2D eigenvalue weighted by molar-refractivity contribution is 0.371. The Bertz CT molecular complexity index is 1250. The van der Waals surface area contributed by atoms with Gasteiger partial charge in [-0.2, -0.15) is 0 Å². The van der Waals surface area contributed by atoms with Gasteiger partial charge in [0.05, 0.1) is 6.16 Å². The van der Waals surface area contributed by atoms with Crippen LogP contribution in [0.4, 0.5) is 8.78 Å². The van der Waals surface area contributed by atoms with Crippen molar-refractivity contribution >= 4 is 31.0 Å². The molecule has 3 rings (SSSR count). The third-order valence-electron chi connectivity index (χ3n) is 6.27. The van der Waals surface area contributed by atoms with Gasteiger partial charge in [0, 0.05) is 17.5 Å². The van der Waals surface area contributed by atoms with Gasteiger partial charge in [0.15, 0.2) is 0 Å². The Labute approximate surface area is 228 Å². The summed E-state index contributed by atoms with van der Waals surface area (Å²) in [6.45, 7) is 5.34. The molecule has 0 aliphatic carbocycles. The number of thioether (sulfide) groups is 1. The zero-order chi connectivity index (χ0) is 27.5. The summed E-state index contributed by atoms with van der Waals surface area (Å²) in [7, 11) is -3.92. The number of aryl methyl sites for hydroxylation is 2. The topological polar surface area (TPSA) is 69.6 Å². The quantitative estimate of drug-likeness (QED) is 0.0816. The molecule has 0 saturated carbocycles. The van der Waals surface area contributed by atoms with Gasteiger partial charge in [-0.05, 0) is 109 Å². The Hall–Kier alpha value is -2.28. The number of hydrogen-bond acceptors (Lipinski definition) is 3. The summed E-state index contributed by atoms with van der Waals surface area (Å²) < 4.78 is 38.8. The summed E-state index contributed by atoms with van der Waals surface area (Å²) in [5, 5.41) is 3.21. The molecule has 4 nitrogen and oxygen atoms in total. The second kappa shape index (κ2) is 14.8. The van der Waals surface area contributed by atoms with E-state index in [0.717, 1.165) is 47.8 Å². The van der Waals surface area contributed by atoms with Crippen LogP contribution in [0.1, 0.15) is 53.5 Å². The van der Waals surface area contributed by atoms with Crippen molar-refractivity contribution in [3.8, 4) is 0 Å².